The average Bonchev–Trinajstić information content (AvgIpc) is 2.39. The predicted octanol–water partition coefficient (Wildman–Crippen LogP) is 2.16. The topological polar surface area (TPSA) is 95.2 Å². The lowest BCUT2D eigenvalue weighted by atomic mass is 9.90. The van der Waals surface area contributed by atoms with E-state index in [1.165, 1.54) is 0 Å². The molecule has 1 aromatic rings. The fourth-order valence-corrected chi connectivity index (χ4v) is 2.07. The van der Waals surface area contributed by atoms with Crippen molar-refractivity contribution in [3.63, 3.8) is 0 Å². The van der Waals surface area contributed by atoms with Crippen molar-refractivity contribution in [3.8, 4) is 0 Å². The van der Waals surface area contributed by atoms with Crippen LogP contribution in [0.4, 0.5) is 5.69 Å². The van der Waals surface area contributed by atoms with Crippen LogP contribution in [0, 0.1) is 10.1 Å². The van der Waals surface area contributed by atoms with E-state index in [0.717, 1.165) is 31.2 Å². The summed E-state index contributed by atoms with van der Waals surface area (Å²) in [6.07, 6.45) is 3.95. The Labute approximate surface area is 107 Å². The van der Waals surface area contributed by atoms with E-state index in [1.807, 2.05) is 12.1 Å². The third-order valence-corrected chi connectivity index (χ3v) is 3.09. The van der Waals surface area contributed by atoms with E-state index in [2.05, 4.69) is 0 Å². The Morgan fingerprint density at radius 2 is 1.56 bits per heavy atom. The maximum Gasteiger partial charge on any atom is 0.269 e. The summed E-state index contributed by atoms with van der Waals surface area (Å²) >= 11 is 0. The average molecular weight is 251 g/mol. The molecule has 0 aliphatic carbocycles. The first-order chi connectivity index (χ1) is 8.69. The molecule has 0 aliphatic rings. The molecule has 0 unspecified atom stereocenters. The summed E-state index contributed by atoms with van der Waals surface area (Å²) in [7, 11) is 0. The maximum atomic E-state index is 10.6. The molecule has 1 rings (SSSR count). The van der Waals surface area contributed by atoms with Crippen molar-refractivity contribution in [2.24, 2.45) is 11.5 Å². The van der Waals surface area contributed by atoms with Crippen LogP contribution in [0.5, 0.6) is 0 Å². The smallest absolute Gasteiger partial charge is 0.269 e. The lowest BCUT2D eigenvalue weighted by Gasteiger charge is -2.16. The van der Waals surface area contributed by atoms with Gasteiger partial charge in [-0.15, -0.1) is 0 Å². The van der Waals surface area contributed by atoms with E-state index in [4.69, 9.17) is 11.5 Å². The zero-order valence-electron chi connectivity index (χ0n) is 10.5. The van der Waals surface area contributed by atoms with Crippen molar-refractivity contribution >= 4 is 5.69 Å². The van der Waals surface area contributed by atoms with Crippen LogP contribution in [0.25, 0.3) is 0 Å². The van der Waals surface area contributed by atoms with E-state index >= 15 is 0 Å². The normalized spacial score (nSPS) is 10.8. The standard InChI is InChI=1S/C13H21N3O2/c14-9-1-3-11(4-2-10-15)12-5-7-13(8-6-12)16(17)18/h5-8,11H,1-4,9-10,14-15H2. The minimum Gasteiger partial charge on any atom is -0.330 e. The van der Waals surface area contributed by atoms with Gasteiger partial charge in [-0.05, 0) is 50.3 Å². The predicted molar refractivity (Wildman–Crippen MR) is 72.4 cm³/mol. The summed E-state index contributed by atoms with van der Waals surface area (Å²) in [5.41, 5.74) is 12.3. The third-order valence-electron chi connectivity index (χ3n) is 3.09. The minimum atomic E-state index is -0.376. The number of nitro benzene ring substituents is 1. The van der Waals surface area contributed by atoms with Crippen molar-refractivity contribution in [1.29, 1.82) is 0 Å². The van der Waals surface area contributed by atoms with E-state index in [0.29, 0.717) is 19.0 Å². The molecule has 0 radical (unpaired) electrons. The van der Waals surface area contributed by atoms with Crippen molar-refractivity contribution < 1.29 is 4.92 Å². The second-order valence-corrected chi connectivity index (χ2v) is 4.41. The molecule has 0 saturated carbocycles. The van der Waals surface area contributed by atoms with Gasteiger partial charge in [-0.1, -0.05) is 12.1 Å². The third kappa shape index (κ3) is 4.43. The van der Waals surface area contributed by atoms with E-state index in [-0.39, 0.29) is 10.6 Å². The largest absolute Gasteiger partial charge is 0.330 e. The highest BCUT2D eigenvalue weighted by Gasteiger charge is 2.12. The van der Waals surface area contributed by atoms with Crippen LogP contribution in [0.3, 0.4) is 0 Å². The van der Waals surface area contributed by atoms with Crippen LogP contribution >= 0.6 is 0 Å². The Kier molecular flexibility index (Phi) is 6.32. The lowest BCUT2D eigenvalue weighted by Crippen LogP contribution is -2.07. The zero-order chi connectivity index (χ0) is 13.4. The first kappa shape index (κ1) is 14.6. The van der Waals surface area contributed by atoms with Gasteiger partial charge >= 0.3 is 0 Å². The molecule has 0 aromatic heterocycles. The van der Waals surface area contributed by atoms with Gasteiger partial charge in [0.2, 0.25) is 0 Å². The lowest BCUT2D eigenvalue weighted by molar-refractivity contribution is -0.384. The summed E-state index contributed by atoms with van der Waals surface area (Å²) in [4.78, 5) is 10.2. The van der Waals surface area contributed by atoms with Gasteiger partial charge < -0.3 is 11.5 Å². The molecule has 0 heterocycles. The molecule has 100 valence electrons. The molecule has 0 atom stereocenters. The van der Waals surface area contributed by atoms with Crippen LogP contribution in [0.15, 0.2) is 24.3 Å². The van der Waals surface area contributed by atoms with Gasteiger partial charge in [0.25, 0.3) is 5.69 Å². The number of hydrogen-bond donors (Lipinski definition) is 2. The van der Waals surface area contributed by atoms with Crippen LogP contribution in [-0.4, -0.2) is 18.0 Å². The van der Waals surface area contributed by atoms with Crippen LogP contribution in [0.2, 0.25) is 0 Å². The Balaban J connectivity index is 2.73. The van der Waals surface area contributed by atoms with Crippen molar-refractivity contribution in [1.82, 2.24) is 0 Å². The van der Waals surface area contributed by atoms with E-state index < -0.39 is 0 Å². The molecule has 1 aromatic carbocycles. The molecule has 4 N–H and O–H groups in total. The number of nitrogens with two attached hydrogens (primary N) is 2. The minimum absolute atomic E-state index is 0.134. The maximum absolute atomic E-state index is 10.6. The van der Waals surface area contributed by atoms with E-state index in [9.17, 15) is 10.1 Å². The number of non-ortho nitro benzene ring substituents is 1. The number of benzene rings is 1. The molecule has 5 heteroatoms. The van der Waals surface area contributed by atoms with E-state index in [1.54, 1.807) is 12.1 Å². The summed E-state index contributed by atoms with van der Waals surface area (Å²) in [5.74, 6) is 0.401. The Morgan fingerprint density at radius 3 is 1.94 bits per heavy atom. The Morgan fingerprint density at radius 1 is 1.06 bits per heavy atom. The fraction of sp³-hybridized carbons (Fsp3) is 0.538. The number of nitrogens with zero attached hydrogens (tertiary/aromatic N) is 1. The monoisotopic (exact) mass is 251 g/mol. The summed E-state index contributed by atoms with van der Waals surface area (Å²) in [6.45, 7) is 1.35. The molecule has 0 saturated heterocycles. The highest BCUT2D eigenvalue weighted by Crippen LogP contribution is 2.27. The SMILES string of the molecule is NCCCC(CCCN)c1ccc([N+](=O)[O-])cc1. The summed E-state index contributed by atoms with van der Waals surface area (Å²) in [5, 5.41) is 10.6. The van der Waals surface area contributed by atoms with Crippen LogP contribution < -0.4 is 11.5 Å². The van der Waals surface area contributed by atoms with Gasteiger partial charge in [-0.25, -0.2) is 0 Å². The van der Waals surface area contributed by atoms with Crippen molar-refractivity contribution in [2.45, 2.75) is 31.6 Å². The van der Waals surface area contributed by atoms with Crippen molar-refractivity contribution in [2.75, 3.05) is 13.1 Å². The number of nitro groups is 1. The van der Waals surface area contributed by atoms with Gasteiger partial charge in [0.1, 0.15) is 0 Å². The Bertz CT molecular complexity index is 357. The second-order valence-electron chi connectivity index (χ2n) is 4.41. The van der Waals surface area contributed by atoms with Crippen molar-refractivity contribution in [3.05, 3.63) is 39.9 Å². The number of hydrogen-bond acceptors (Lipinski definition) is 4. The van der Waals surface area contributed by atoms with Gasteiger partial charge in [0, 0.05) is 12.1 Å². The summed E-state index contributed by atoms with van der Waals surface area (Å²) < 4.78 is 0. The Hall–Kier alpha value is -1.46. The molecule has 0 fully saturated rings. The second kappa shape index (κ2) is 7.79. The molecular formula is C13H21N3O2. The molecule has 18 heavy (non-hydrogen) atoms. The van der Waals surface area contributed by atoms with Gasteiger partial charge in [-0.3, -0.25) is 10.1 Å². The molecule has 0 bridgehead atoms. The first-order valence-corrected chi connectivity index (χ1v) is 6.33. The molecule has 0 aliphatic heterocycles. The van der Waals surface area contributed by atoms with Gasteiger partial charge in [0.05, 0.1) is 4.92 Å². The fourth-order valence-electron chi connectivity index (χ4n) is 2.07. The molecule has 5 nitrogen and oxygen atoms in total. The van der Waals surface area contributed by atoms with Crippen LogP contribution in [0.1, 0.15) is 37.2 Å². The zero-order valence-corrected chi connectivity index (χ0v) is 10.5. The number of rotatable bonds is 8. The highest BCUT2D eigenvalue weighted by molar-refractivity contribution is 5.34. The summed E-state index contributed by atoms with van der Waals surface area (Å²) in [6, 6.07) is 6.81. The molecule has 0 spiro atoms. The van der Waals surface area contributed by atoms with Gasteiger partial charge in [0.15, 0.2) is 0 Å². The first-order valence-electron chi connectivity index (χ1n) is 6.33. The molecular weight excluding hydrogens is 230 g/mol. The van der Waals surface area contributed by atoms with Gasteiger partial charge in [-0.2, -0.15) is 0 Å². The molecule has 0 amide bonds. The highest BCUT2D eigenvalue weighted by atomic mass is 16.6. The quantitative estimate of drug-likeness (QED) is 0.546. The van der Waals surface area contributed by atoms with Crippen LogP contribution in [-0.2, 0) is 0 Å².